The lowest BCUT2D eigenvalue weighted by Gasteiger charge is -2.42. The second-order valence-corrected chi connectivity index (χ2v) is 5.63. The maximum absolute atomic E-state index is 6.01. The van der Waals surface area contributed by atoms with Gasteiger partial charge in [-0.05, 0) is 44.0 Å². The van der Waals surface area contributed by atoms with Gasteiger partial charge in [0.25, 0.3) is 0 Å². The fourth-order valence-electron chi connectivity index (χ4n) is 2.46. The van der Waals surface area contributed by atoms with E-state index in [2.05, 4.69) is 37.1 Å². The minimum absolute atomic E-state index is 0.227. The summed E-state index contributed by atoms with van der Waals surface area (Å²) in [6.07, 6.45) is 1.15. The van der Waals surface area contributed by atoms with E-state index in [0.29, 0.717) is 0 Å². The third-order valence-corrected chi connectivity index (χ3v) is 3.99. The number of halogens is 1. The first kappa shape index (κ1) is 12.7. The second kappa shape index (κ2) is 4.87. The number of hydrogen-bond donors (Lipinski definition) is 1. The molecule has 94 valence electrons. The molecule has 1 aliphatic heterocycles. The van der Waals surface area contributed by atoms with E-state index in [4.69, 9.17) is 11.6 Å². The van der Waals surface area contributed by atoms with Crippen molar-refractivity contribution >= 4 is 17.3 Å². The molecule has 0 aromatic heterocycles. The first-order chi connectivity index (χ1) is 8.04. The Morgan fingerprint density at radius 1 is 1.47 bits per heavy atom. The van der Waals surface area contributed by atoms with Gasteiger partial charge in [-0.15, -0.1) is 0 Å². The molecule has 1 saturated heterocycles. The van der Waals surface area contributed by atoms with Crippen molar-refractivity contribution in [3.8, 4) is 0 Å². The van der Waals surface area contributed by atoms with E-state index in [1.54, 1.807) is 0 Å². The van der Waals surface area contributed by atoms with Crippen LogP contribution in [0, 0.1) is 6.92 Å². The van der Waals surface area contributed by atoms with Crippen molar-refractivity contribution < 1.29 is 0 Å². The Kier molecular flexibility index (Phi) is 3.64. The van der Waals surface area contributed by atoms with Gasteiger partial charge in [-0.3, -0.25) is 0 Å². The fourth-order valence-corrected chi connectivity index (χ4v) is 2.69. The van der Waals surface area contributed by atoms with Gasteiger partial charge in [0.05, 0.1) is 0 Å². The first-order valence-electron chi connectivity index (χ1n) is 6.30. The number of piperazine rings is 1. The molecular formula is C14H21ClN2. The zero-order valence-corrected chi connectivity index (χ0v) is 11.6. The number of hydrogen-bond acceptors (Lipinski definition) is 2. The normalized spacial score (nSPS) is 25.1. The van der Waals surface area contributed by atoms with Crippen LogP contribution in [0.3, 0.4) is 0 Å². The molecule has 1 atom stereocenters. The van der Waals surface area contributed by atoms with Crippen LogP contribution in [-0.2, 0) is 0 Å². The Balaban J connectivity index is 2.22. The van der Waals surface area contributed by atoms with Gasteiger partial charge in [-0.1, -0.05) is 18.5 Å². The predicted molar refractivity (Wildman–Crippen MR) is 75.1 cm³/mol. The number of rotatable bonds is 2. The molecule has 0 saturated carbocycles. The molecule has 3 heteroatoms. The molecule has 1 aliphatic rings. The molecule has 1 fully saturated rings. The Morgan fingerprint density at radius 2 is 2.24 bits per heavy atom. The van der Waals surface area contributed by atoms with Gasteiger partial charge in [0.1, 0.15) is 0 Å². The van der Waals surface area contributed by atoms with Crippen molar-refractivity contribution in [1.29, 1.82) is 0 Å². The smallest absolute Gasteiger partial charge is 0.0410 e. The lowest BCUT2D eigenvalue weighted by molar-refractivity contribution is 0.314. The molecule has 2 rings (SSSR count). The summed E-state index contributed by atoms with van der Waals surface area (Å²) in [6, 6.07) is 6.16. The van der Waals surface area contributed by atoms with Crippen molar-refractivity contribution in [3.63, 3.8) is 0 Å². The second-order valence-electron chi connectivity index (χ2n) is 5.19. The van der Waals surface area contributed by atoms with Gasteiger partial charge >= 0.3 is 0 Å². The van der Waals surface area contributed by atoms with Gasteiger partial charge in [-0.25, -0.2) is 0 Å². The molecule has 17 heavy (non-hydrogen) atoms. The van der Waals surface area contributed by atoms with E-state index >= 15 is 0 Å². The van der Waals surface area contributed by atoms with Crippen LogP contribution in [-0.4, -0.2) is 25.2 Å². The molecule has 0 amide bonds. The Hall–Kier alpha value is -0.730. The summed E-state index contributed by atoms with van der Waals surface area (Å²) in [5.41, 5.74) is 2.80. The topological polar surface area (TPSA) is 15.3 Å². The maximum atomic E-state index is 6.01. The fraction of sp³-hybridized carbons (Fsp3) is 0.571. The van der Waals surface area contributed by atoms with E-state index < -0.39 is 0 Å². The van der Waals surface area contributed by atoms with Gasteiger partial charge in [0.15, 0.2) is 0 Å². The molecule has 1 N–H and O–H groups in total. The van der Waals surface area contributed by atoms with Gasteiger partial charge < -0.3 is 10.2 Å². The molecule has 1 unspecified atom stereocenters. The average molecular weight is 253 g/mol. The third-order valence-electron chi connectivity index (χ3n) is 3.75. The van der Waals surface area contributed by atoms with Gasteiger partial charge in [0.2, 0.25) is 0 Å². The summed E-state index contributed by atoms with van der Waals surface area (Å²) in [7, 11) is 0. The molecule has 1 aromatic carbocycles. The molecule has 0 spiro atoms. The highest BCUT2D eigenvalue weighted by Crippen LogP contribution is 2.27. The van der Waals surface area contributed by atoms with Crippen molar-refractivity contribution in [2.75, 3.05) is 24.5 Å². The monoisotopic (exact) mass is 252 g/mol. The molecule has 0 radical (unpaired) electrons. The third kappa shape index (κ3) is 2.75. The van der Waals surface area contributed by atoms with Gasteiger partial charge in [-0.2, -0.15) is 0 Å². The minimum Gasteiger partial charge on any atom is -0.368 e. The highest BCUT2D eigenvalue weighted by atomic mass is 35.5. The van der Waals surface area contributed by atoms with Crippen LogP contribution >= 0.6 is 11.6 Å². The van der Waals surface area contributed by atoms with Crippen LogP contribution in [0.5, 0.6) is 0 Å². The number of aryl methyl sites for hydroxylation is 1. The summed E-state index contributed by atoms with van der Waals surface area (Å²) in [6.45, 7) is 9.85. The molecule has 2 nitrogen and oxygen atoms in total. The van der Waals surface area contributed by atoms with Crippen molar-refractivity contribution in [3.05, 3.63) is 28.8 Å². The van der Waals surface area contributed by atoms with Crippen LogP contribution in [0.2, 0.25) is 5.02 Å². The van der Waals surface area contributed by atoms with Crippen molar-refractivity contribution in [1.82, 2.24) is 5.32 Å². The van der Waals surface area contributed by atoms with E-state index in [1.807, 2.05) is 12.1 Å². The lowest BCUT2D eigenvalue weighted by atomic mass is 9.95. The van der Waals surface area contributed by atoms with Crippen LogP contribution in [0.4, 0.5) is 5.69 Å². The Labute approximate surface area is 109 Å². The predicted octanol–water partition coefficient (Wildman–Crippen LogP) is 3.23. The van der Waals surface area contributed by atoms with E-state index in [9.17, 15) is 0 Å². The summed E-state index contributed by atoms with van der Waals surface area (Å²) in [5.74, 6) is 0. The van der Waals surface area contributed by atoms with Crippen molar-refractivity contribution in [2.24, 2.45) is 0 Å². The summed E-state index contributed by atoms with van der Waals surface area (Å²) in [4.78, 5) is 2.46. The Morgan fingerprint density at radius 3 is 2.88 bits per heavy atom. The molecular weight excluding hydrogens is 232 g/mol. The lowest BCUT2D eigenvalue weighted by Crippen LogP contribution is -2.58. The zero-order chi connectivity index (χ0) is 12.5. The largest absolute Gasteiger partial charge is 0.368 e. The van der Waals surface area contributed by atoms with Crippen LogP contribution in [0.1, 0.15) is 25.8 Å². The van der Waals surface area contributed by atoms with Gasteiger partial charge in [0, 0.05) is 35.9 Å². The summed E-state index contributed by atoms with van der Waals surface area (Å²) < 4.78 is 0. The SMILES string of the molecule is CCC1(C)CN(c2ccc(Cl)cc2C)CCN1. The number of anilines is 1. The minimum atomic E-state index is 0.227. The van der Waals surface area contributed by atoms with E-state index in [0.717, 1.165) is 31.1 Å². The Bertz CT molecular complexity index is 405. The maximum Gasteiger partial charge on any atom is 0.0410 e. The van der Waals surface area contributed by atoms with Crippen LogP contribution in [0.15, 0.2) is 18.2 Å². The molecule has 0 aliphatic carbocycles. The highest BCUT2D eigenvalue weighted by molar-refractivity contribution is 6.30. The quantitative estimate of drug-likeness (QED) is 0.870. The van der Waals surface area contributed by atoms with Crippen LogP contribution < -0.4 is 10.2 Å². The highest BCUT2D eigenvalue weighted by Gasteiger charge is 2.29. The zero-order valence-electron chi connectivity index (χ0n) is 10.9. The standard InChI is InChI=1S/C14H21ClN2/c1-4-14(3)10-17(8-7-16-14)13-6-5-12(15)9-11(13)2/h5-6,9,16H,4,7-8,10H2,1-3H3. The summed E-state index contributed by atoms with van der Waals surface area (Å²) >= 11 is 6.01. The average Bonchev–Trinajstić information content (AvgIpc) is 2.29. The summed E-state index contributed by atoms with van der Waals surface area (Å²) in [5, 5.41) is 4.43. The molecule has 1 aromatic rings. The number of nitrogens with zero attached hydrogens (tertiary/aromatic N) is 1. The van der Waals surface area contributed by atoms with E-state index in [-0.39, 0.29) is 5.54 Å². The molecule has 0 bridgehead atoms. The van der Waals surface area contributed by atoms with Crippen LogP contribution in [0.25, 0.3) is 0 Å². The number of benzene rings is 1. The molecule has 1 heterocycles. The number of nitrogens with one attached hydrogen (secondary N) is 1. The first-order valence-corrected chi connectivity index (χ1v) is 6.68. The van der Waals surface area contributed by atoms with E-state index in [1.165, 1.54) is 11.3 Å². The van der Waals surface area contributed by atoms with Crippen molar-refractivity contribution in [2.45, 2.75) is 32.7 Å².